The zero-order valence-corrected chi connectivity index (χ0v) is 11.6. The van der Waals surface area contributed by atoms with E-state index in [1.54, 1.807) is 31.4 Å². The van der Waals surface area contributed by atoms with Crippen LogP contribution in [0.2, 0.25) is 0 Å². The van der Waals surface area contributed by atoms with Crippen molar-refractivity contribution in [2.45, 2.75) is 18.9 Å². The number of amides is 1. The molecule has 1 N–H and O–H groups in total. The van der Waals surface area contributed by atoms with Crippen molar-refractivity contribution in [3.8, 4) is 11.8 Å². The molecule has 5 heteroatoms. The van der Waals surface area contributed by atoms with Gasteiger partial charge in [-0.25, -0.2) is 0 Å². The fourth-order valence-corrected chi connectivity index (χ4v) is 2.35. The third-order valence-electron chi connectivity index (χ3n) is 3.57. The molecule has 0 aromatic heterocycles. The number of nitrogens with zero attached hydrogens (tertiary/aromatic N) is 2. The van der Waals surface area contributed by atoms with E-state index in [1.165, 1.54) is 0 Å². The highest BCUT2D eigenvalue weighted by atomic mass is 16.5. The van der Waals surface area contributed by atoms with Crippen molar-refractivity contribution in [1.29, 1.82) is 5.26 Å². The lowest BCUT2D eigenvalue weighted by Crippen LogP contribution is -2.44. The van der Waals surface area contributed by atoms with Gasteiger partial charge < -0.3 is 10.1 Å². The summed E-state index contributed by atoms with van der Waals surface area (Å²) in [5, 5.41) is 11.7. The molecule has 1 saturated heterocycles. The molecular formula is C15H19N3O2. The average molecular weight is 273 g/mol. The van der Waals surface area contributed by atoms with E-state index in [9.17, 15) is 4.79 Å². The Labute approximate surface area is 119 Å². The number of piperidine rings is 1. The zero-order chi connectivity index (χ0) is 14.4. The number of likely N-dealkylation sites (tertiary alicyclic amines) is 1. The van der Waals surface area contributed by atoms with Gasteiger partial charge in [0.2, 0.25) is 0 Å². The quantitative estimate of drug-likeness (QED) is 0.842. The second-order valence-corrected chi connectivity index (χ2v) is 4.91. The Hall–Kier alpha value is -2.06. The van der Waals surface area contributed by atoms with Gasteiger partial charge in [0.05, 0.1) is 19.7 Å². The number of hydrogen-bond acceptors (Lipinski definition) is 4. The number of benzene rings is 1. The van der Waals surface area contributed by atoms with E-state index in [0.29, 0.717) is 12.1 Å². The first-order valence-corrected chi connectivity index (χ1v) is 6.77. The minimum Gasteiger partial charge on any atom is -0.497 e. The number of nitriles is 1. The van der Waals surface area contributed by atoms with Crippen molar-refractivity contribution in [1.82, 2.24) is 10.2 Å². The summed E-state index contributed by atoms with van der Waals surface area (Å²) in [6.45, 7) is 2.20. The Bertz CT molecular complexity index is 485. The molecule has 0 spiro atoms. The zero-order valence-electron chi connectivity index (χ0n) is 11.6. The molecule has 0 saturated carbocycles. The first-order chi connectivity index (χ1) is 9.72. The topological polar surface area (TPSA) is 65.4 Å². The molecule has 0 radical (unpaired) electrons. The number of methoxy groups -OCH3 is 1. The average Bonchev–Trinajstić information content (AvgIpc) is 2.49. The van der Waals surface area contributed by atoms with Gasteiger partial charge in [0.25, 0.3) is 5.91 Å². The van der Waals surface area contributed by atoms with Gasteiger partial charge in [0.15, 0.2) is 0 Å². The van der Waals surface area contributed by atoms with E-state index >= 15 is 0 Å². The number of rotatable bonds is 4. The number of nitrogens with one attached hydrogen (secondary N) is 1. The summed E-state index contributed by atoms with van der Waals surface area (Å²) in [5.74, 6) is 0.692. The second kappa shape index (κ2) is 6.92. The van der Waals surface area contributed by atoms with Crippen LogP contribution in [-0.2, 0) is 0 Å². The summed E-state index contributed by atoms with van der Waals surface area (Å²) in [6.07, 6.45) is 1.78. The summed E-state index contributed by atoms with van der Waals surface area (Å²) >= 11 is 0. The van der Waals surface area contributed by atoms with Gasteiger partial charge in [0, 0.05) is 24.7 Å². The molecule has 1 heterocycles. The highest BCUT2D eigenvalue weighted by molar-refractivity contribution is 5.94. The molecule has 106 valence electrons. The van der Waals surface area contributed by atoms with E-state index in [2.05, 4.69) is 16.3 Å². The Morgan fingerprint density at radius 1 is 1.40 bits per heavy atom. The molecule has 2 rings (SSSR count). The molecule has 1 amide bonds. The highest BCUT2D eigenvalue weighted by Crippen LogP contribution is 2.13. The van der Waals surface area contributed by atoms with Crippen molar-refractivity contribution in [3.05, 3.63) is 29.8 Å². The number of hydrogen-bond donors (Lipinski definition) is 1. The normalized spacial score (nSPS) is 16.4. The Balaban J connectivity index is 1.84. The Morgan fingerprint density at radius 2 is 2.05 bits per heavy atom. The van der Waals surface area contributed by atoms with E-state index in [-0.39, 0.29) is 11.9 Å². The molecule has 0 bridgehead atoms. The smallest absolute Gasteiger partial charge is 0.251 e. The van der Waals surface area contributed by atoms with Crippen molar-refractivity contribution in [3.63, 3.8) is 0 Å². The summed E-state index contributed by atoms with van der Waals surface area (Å²) in [5.41, 5.74) is 0.644. The van der Waals surface area contributed by atoms with E-state index in [0.717, 1.165) is 31.7 Å². The van der Waals surface area contributed by atoms with Crippen LogP contribution in [0.5, 0.6) is 5.75 Å². The third kappa shape index (κ3) is 3.72. The minimum absolute atomic E-state index is 0.0496. The molecule has 1 fully saturated rings. The van der Waals surface area contributed by atoms with E-state index < -0.39 is 0 Å². The summed E-state index contributed by atoms with van der Waals surface area (Å²) in [7, 11) is 1.60. The van der Waals surface area contributed by atoms with Crippen LogP contribution >= 0.6 is 0 Å². The predicted octanol–water partition coefficient (Wildman–Crippen LogP) is 1.41. The Kier molecular flexibility index (Phi) is 4.97. The number of carbonyl (C=O) groups excluding carboxylic acids is 1. The molecule has 20 heavy (non-hydrogen) atoms. The summed E-state index contributed by atoms with van der Waals surface area (Å²) in [6, 6.07) is 9.44. The maximum absolute atomic E-state index is 12.1. The molecular weight excluding hydrogens is 254 g/mol. The third-order valence-corrected chi connectivity index (χ3v) is 3.57. The van der Waals surface area contributed by atoms with Crippen LogP contribution in [0.3, 0.4) is 0 Å². The lowest BCUT2D eigenvalue weighted by molar-refractivity contribution is 0.0914. The van der Waals surface area contributed by atoms with Crippen molar-refractivity contribution in [2.24, 2.45) is 0 Å². The fourth-order valence-electron chi connectivity index (χ4n) is 2.35. The first-order valence-electron chi connectivity index (χ1n) is 6.77. The molecule has 0 unspecified atom stereocenters. The van der Waals surface area contributed by atoms with E-state index in [1.807, 2.05) is 0 Å². The van der Waals surface area contributed by atoms with Crippen LogP contribution in [0, 0.1) is 11.3 Å². The second-order valence-electron chi connectivity index (χ2n) is 4.91. The van der Waals surface area contributed by atoms with Crippen LogP contribution < -0.4 is 10.1 Å². The van der Waals surface area contributed by atoms with Crippen LogP contribution in [-0.4, -0.2) is 43.6 Å². The van der Waals surface area contributed by atoms with Crippen molar-refractivity contribution in [2.75, 3.05) is 26.7 Å². The molecule has 5 nitrogen and oxygen atoms in total. The molecule has 0 atom stereocenters. The first kappa shape index (κ1) is 14.4. The lowest BCUT2D eigenvalue weighted by Gasteiger charge is -2.30. The Morgan fingerprint density at radius 3 is 2.60 bits per heavy atom. The van der Waals surface area contributed by atoms with E-state index in [4.69, 9.17) is 10.00 Å². The fraction of sp³-hybridized carbons (Fsp3) is 0.467. The van der Waals surface area contributed by atoms with Crippen LogP contribution in [0.25, 0.3) is 0 Å². The van der Waals surface area contributed by atoms with Crippen LogP contribution in [0.15, 0.2) is 24.3 Å². The SMILES string of the molecule is COc1ccc(C(=O)NC2CCN(CC#N)CC2)cc1. The molecule has 1 aliphatic heterocycles. The predicted molar refractivity (Wildman–Crippen MR) is 75.5 cm³/mol. The maximum atomic E-state index is 12.1. The van der Waals surface area contributed by atoms with Gasteiger partial charge in [-0.1, -0.05) is 0 Å². The van der Waals surface area contributed by atoms with Crippen molar-refractivity contribution >= 4 is 5.91 Å². The van der Waals surface area contributed by atoms with Gasteiger partial charge in [-0.05, 0) is 37.1 Å². The number of ether oxygens (including phenoxy) is 1. The van der Waals surface area contributed by atoms with Crippen molar-refractivity contribution < 1.29 is 9.53 Å². The highest BCUT2D eigenvalue weighted by Gasteiger charge is 2.20. The van der Waals surface area contributed by atoms with Crippen LogP contribution in [0.1, 0.15) is 23.2 Å². The number of carbonyl (C=O) groups is 1. The molecule has 1 aliphatic rings. The molecule has 1 aromatic rings. The van der Waals surface area contributed by atoms with Gasteiger partial charge >= 0.3 is 0 Å². The largest absolute Gasteiger partial charge is 0.497 e. The van der Waals surface area contributed by atoms with Gasteiger partial charge in [0.1, 0.15) is 5.75 Å². The van der Waals surface area contributed by atoms with Gasteiger partial charge in [-0.15, -0.1) is 0 Å². The standard InChI is InChI=1S/C15H19N3O2/c1-20-14-4-2-12(3-5-14)15(19)17-13-6-9-18(10-7-13)11-8-16/h2-5,13H,6-7,9-11H2,1H3,(H,17,19). The van der Waals surface area contributed by atoms with Gasteiger partial charge in [-0.3, -0.25) is 9.69 Å². The summed E-state index contributed by atoms with van der Waals surface area (Å²) in [4.78, 5) is 14.2. The van der Waals surface area contributed by atoms with Gasteiger partial charge in [-0.2, -0.15) is 5.26 Å². The lowest BCUT2D eigenvalue weighted by atomic mass is 10.0. The molecule has 1 aromatic carbocycles. The summed E-state index contributed by atoms with van der Waals surface area (Å²) < 4.78 is 5.07. The minimum atomic E-state index is -0.0496. The molecule has 0 aliphatic carbocycles. The monoisotopic (exact) mass is 273 g/mol. The maximum Gasteiger partial charge on any atom is 0.251 e. The van der Waals surface area contributed by atoms with Crippen LogP contribution in [0.4, 0.5) is 0 Å².